The van der Waals surface area contributed by atoms with Gasteiger partial charge in [-0.1, -0.05) is 6.07 Å². The van der Waals surface area contributed by atoms with Crippen molar-refractivity contribution in [1.82, 2.24) is 10.2 Å². The molecule has 1 atom stereocenters. The molecule has 1 N–H and O–H groups in total. The summed E-state index contributed by atoms with van der Waals surface area (Å²) in [6.07, 6.45) is 0.853. The van der Waals surface area contributed by atoms with Crippen molar-refractivity contribution in [3.8, 4) is 5.75 Å². The average molecular weight is 378 g/mol. The zero-order chi connectivity index (χ0) is 20.4. The number of hydrogen-bond donors (Lipinski definition) is 1. The van der Waals surface area contributed by atoms with Crippen LogP contribution >= 0.6 is 0 Å². The van der Waals surface area contributed by atoms with Crippen LogP contribution in [0.4, 0.5) is 0 Å². The highest BCUT2D eigenvalue weighted by Gasteiger charge is 2.24. The molecule has 1 rings (SSSR count). The fraction of sp³-hybridized carbons (Fsp3) is 0.389. The molecule has 0 spiro atoms. The molecule has 1 aromatic rings. The molecule has 27 heavy (non-hydrogen) atoms. The zero-order valence-corrected chi connectivity index (χ0v) is 15.4. The van der Waals surface area contributed by atoms with Gasteiger partial charge in [0.15, 0.2) is 6.61 Å². The summed E-state index contributed by atoms with van der Waals surface area (Å²) in [5.74, 6) is -1.31. The van der Waals surface area contributed by atoms with Crippen molar-refractivity contribution in [2.24, 2.45) is 0 Å². The summed E-state index contributed by atoms with van der Waals surface area (Å²) in [6, 6.07) is 4.13. The number of carbonyl (C=O) groups is 5. The lowest BCUT2D eigenvalue weighted by atomic mass is 10.0. The Morgan fingerprint density at radius 2 is 1.96 bits per heavy atom. The second-order valence-corrected chi connectivity index (χ2v) is 5.68. The Hall–Kier alpha value is -3.23. The Kier molecular flexibility index (Phi) is 8.64. The maximum atomic E-state index is 12.7. The fourth-order valence-electron chi connectivity index (χ4n) is 2.31. The molecular weight excluding hydrogens is 356 g/mol. The third kappa shape index (κ3) is 6.21. The largest absolute Gasteiger partial charge is 0.482 e. The summed E-state index contributed by atoms with van der Waals surface area (Å²) >= 11 is 0. The summed E-state index contributed by atoms with van der Waals surface area (Å²) in [7, 11) is 1.23. The van der Waals surface area contributed by atoms with Crippen LogP contribution in [0.3, 0.4) is 0 Å². The smallest absolute Gasteiger partial charge is 0.343 e. The number of hydrogen-bond acceptors (Lipinski definition) is 7. The van der Waals surface area contributed by atoms with E-state index in [0.29, 0.717) is 17.7 Å². The minimum atomic E-state index is -0.567. The zero-order valence-electron chi connectivity index (χ0n) is 15.4. The van der Waals surface area contributed by atoms with Crippen LogP contribution in [0, 0.1) is 6.92 Å². The van der Waals surface area contributed by atoms with Gasteiger partial charge in [-0.2, -0.15) is 0 Å². The van der Waals surface area contributed by atoms with Gasteiger partial charge in [0.25, 0.3) is 5.91 Å². The van der Waals surface area contributed by atoms with Crippen molar-refractivity contribution in [2.45, 2.75) is 32.7 Å². The van der Waals surface area contributed by atoms with Crippen molar-refractivity contribution in [3.05, 3.63) is 29.3 Å². The van der Waals surface area contributed by atoms with Crippen LogP contribution in [0.15, 0.2) is 18.2 Å². The van der Waals surface area contributed by atoms with Gasteiger partial charge in [0.2, 0.25) is 18.7 Å². The van der Waals surface area contributed by atoms with E-state index < -0.39 is 23.8 Å². The molecule has 9 heteroatoms. The summed E-state index contributed by atoms with van der Waals surface area (Å²) < 4.78 is 9.84. The molecule has 0 saturated carbocycles. The molecule has 1 unspecified atom stereocenters. The van der Waals surface area contributed by atoms with E-state index >= 15 is 0 Å². The first-order valence-corrected chi connectivity index (χ1v) is 8.15. The highest BCUT2D eigenvalue weighted by atomic mass is 16.6. The number of nitrogens with zero attached hydrogens (tertiary/aromatic N) is 1. The molecule has 0 fully saturated rings. The number of ether oxygens (including phenoxy) is 2. The standard InChI is InChI=1S/C18H22N2O7/c1-12(7-8-16(23)19-10-21)20(11-22)18(25)14-5-4-6-15(13(14)2)27-9-17(24)26-3/h4-6,10-12H,7-9H2,1-3H3,(H,19,21,23). The van der Waals surface area contributed by atoms with E-state index in [2.05, 4.69) is 4.74 Å². The Bertz CT molecular complexity index is 718. The normalized spacial score (nSPS) is 11.1. The summed E-state index contributed by atoms with van der Waals surface area (Å²) in [4.78, 5) is 58.0. The number of amides is 4. The van der Waals surface area contributed by atoms with E-state index in [9.17, 15) is 24.0 Å². The van der Waals surface area contributed by atoms with Gasteiger partial charge in [-0.15, -0.1) is 0 Å². The molecule has 0 heterocycles. The maximum Gasteiger partial charge on any atom is 0.343 e. The highest BCUT2D eigenvalue weighted by Crippen LogP contribution is 2.23. The molecule has 0 aliphatic carbocycles. The number of esters is 1. The minimum absolute atomic E-state index is 0.0151. The van der Waals surface area contributed by atoms with E-state index in [1.807, 2.05) is 5.32 Å². The third-order valence-corrected chi connectivity index (χ3v) is 3.92. The third-order valence-electron chi connectivity index (χ3n) is 3.92. The quantitative estimate of drug-likeness (QED) is 0.467. The summed E-state index contributed by atoms with van der Waals surface area (Å²) in [5, 5.41) is 2.00. The highest BCUT2D eigenvalue weighted by molar-refractivity contribution is 6.01. The molecule has 1 aromatic carbocycles. The van der Waals surface area contributed by atoms with Crippen molar-refractivity contribution in [3.63, 3.8) is 0 Å². The van der Waals surface area contributed by atoms with Crippen LogP contribution in [0.5, 0.6) is 5.75 Å². The minimum Gasteiger partial charge on any atom is -0.482 e. The van der Waals surface area contributed by atoms with Gasteiger partial charge < -0.3 is 9.47 Å². The van der Waals surface area contributed by atoms with Gasteiger partial charge in [0.05, 0.1) is 7.11 Å². The van der Waals surface area contributed by atoms with E-state index in [-0.39, 0.29) is 31.4 Å². The first kappa shape index (κ1) is 21.8. The lowest BCUT2D eigenvalue weighted by Gasteiger charge is -2.24. The summed E-state index contributed by atoms with van der Waals surface area (Å²) in [6.45, 7) is 2.94. The molecule has 0 radical (unpaired) electrons. The van der Waals surface area contributed by atoms with Crippen molar-refractivity contribution in [2.75, 3.05) is 13.7 Å². The number of benzene rings is 1. The SMILES string of the molecule is COC(=O)COc1cccc(C(=O)N(C=O)C(C)CCC(=O)NC=O)c1C. The van der Waals surface area contributed by atoms with Gasteiger partial charge in [0.1, 0.15) is 5.75 Å². The monoisotopic (exact) mass is 378 g/mol. The van der Waals surface area contributed by atoms with E-state index in [1.54, 1.807) is 26.0 Å². The number of nitrogens with one attached hydrogen (secondary N) is 1. The number of rotatable bonds is 10. The molecule has 0 aliphatic heterocycles. The predicted molar refractivity (Wildman–Crippen MR) is 93.8 cm³/mol. The Morgan fingerprint density at radius 1 is 1.26 bits per heavy atom. The summed E-state index contributed by atoms with van der Waals surface area (Å²) in [5.41, 5.74) is 0.692. The van der Waals surface area contributed by atoms with Crippen molar-refractivity contribution < 1.29 is 33.4 Å². The Morgan fingerprint density at radius 3 is 2.56 bits per heavy atom. The second kappa shape index (κ2) is 10.7. The van der Waals surface area contributed by atoms with Gasteiger partial charge in [-0.25, -0.2) is 4.79 Å². The van der Waals surface area contributed by atoms with Crippen molar-refractivity contribution >= 4 is 30.6 Å². The van der Waals surface area contributed by atoms with E-state index in [1.165, 1.54) is 13.2 Å². The van der Waals surface area contributed by atoms with Gasteiger partial charge in [-0.05, 0) is 32.4 Å². The molecule has 9 nitrogen and oxygen atoms in total. The van der Waals surface area contributed by atoms with Crippen LogP contribution in [0.25, 0.3) is 0 Å². The van der Waals surface area contributed by atoms with Gasteiger partial charge >= 0.3 is 5.97 Å². The molecule has 0 aliphatic rings. The number of carbonyl (C=O) groups excluding carboxylic acids is 5. The molecule has 146 valence electrons. The Balaban J connectivity index is 2.91. The molecule has 0 aromatic heterocycles. The van der Waals surface area contributed by atoms with Crippen LogP contribution in [-0.2, 0) is 23.9 Å². The van der Waals surface area contributed by atoms with Crippen molar-refractivity contribution in [1.29, 1.82) is 0 Å². The second-order valence-electron chi connectivity index (χ2n) is 5.68. The van der Waals surface area contributed by atoms with Crippen LogP contribution in [-0.4, -0.2) is 55.3 Å². The molecule has 4 amide bonds. The molecular formula is C18H22N2O7. The number of imide groups is 2. The van der Waals surface area contributed by atoms with Crippen LogP contribution in [0.1, 0.15) is 35.7 Å². The topological polar surface area (TPSA) is 119 Å². The van der Waals surface area contributed by atoms with Gasteiger partial charge in [0, 0.05) is 23.6 Å². The van der Waals surface area contributed by atoms with E-state index in [0.717, 1.165) is 4.90 Å². The predicted octanol–water partition coefficient (Wildman–Crippen LogP) is 0.587. The van der Waals surface area contributed by atoms with E-state index in [4.69, 9.17) is 4.74 Å². The number of methoxy groups -OCH3 is 1. The fourth-order valence-corrected chi connectivity index (χ4v) is 2.31. The lowest BCUT2D eigenvalue weighted by molar-refractivity contribution is -0.143. The van der Waals surface area contributed by atoms with Crippen LogP contribution < -0.4 is 10.1 Å². The first-order valence-electron chi connectivity index (χ1n) is 8.15. The first-order chi connectivity index (χ1) is 12.8. The molecule has 0 bridgehead atoms. The maximum absolute atomic E-state index is 12.7. The Labute approximate surface area is 156 Å². The lowest BCUT2D eigenvalue weighted by Crippen LogP contribution is -2.38. The average Bonchev–Trinajstić information content (AvgIpc) is 2.65. The molecule has 0 saturated heterocycles. The van der Waals surface area contributed by atoms with Crippen LogP contribution in [0.2, 0.25) is 0 Å². The van der Waals surface area contributed by atoms with Gasteiger partial charge in [-0.3, -0.25) is 29.4 Å².